The normalized spacial score (nSPS) is 12.2. The molecule has 1 aromatic carbocycles. The summed E-state index contributed by atoms with van der Waals surface area (Å²) in [4.78, 5) is 6.33. The van der Waals surface area contributed by atoms with Crippen LogP contribution in [-0.4, -0.2) is 18.1 Å². The summed E-state index contributed by atoms with van der Waals surface area (Å²) in [6, 6.07) is 10.7. The molecular weight excluding hydrogens is 326 g/mol. The van der Waals surface area contributed by atoms with E-state index in [2.05, 4.69) is 58.0 Å². The predicted octanol–water partition coefficient (Wildman–Crippen LogP) is 3.76. The van der Waals surface area contributed by atoms with Gasteiger partial charge < -0.3 is 10.6 Å². The minimum Gasteiger partial charge on any atom is -0.370 e. The molecular formula is C17H22BrN3. The van der Waals surface area contributed by atoms with Gasteiger partial charge in [-0.05, 0) is 54.3 Å². The molecule has 0 saturated heterocycles. The van der Waals surface area contributed by atoms with Crippen LogP contribution in [-0.2, 0) is 13.0 Å². The van der Waals surface area contributed by atoms with Crippen LogP contribution in [0.25, 0.3) is 0 Å². The second kappa shape index (κ2) is 7.57. The topological polar surface area (TPSA) is 42.1 Å². The molecule has 1 heterocycles. The quantitative estimate of drug-likeness (QED) is 0.864. The van der Waals surface area contributed by atoms with Crippen LogP contribution in [0.2, 0.25) is 0 Å². The summed E-state index contributed by atoms with van der Waals surface area (Å²) in [5, 5.41) is 0. The third-order valence-electron chi connectivity index (χ3n) is 3.63. The minimum absolute atomic E-state index is 0.201. The number of hydrogen-bond donors (Lipinski definition) is 1. The fraction of sp³-hybridized carbons (Fsp3) is 0.353. The Kier molecular flexibility index (Phi) is 5.76. The number of anilines is 1. The zero-order valence-corrected chi connectivity index (χ0v) is 14.2. The molecule has 2 rings (SSSR count). The van der Waals surface area contributed by atoms with E-state index in [1.165, 1.54) is 16.8 Å². The van der Waals surface area contributed by atoms with Crippen LogP contribution in [0.4, 0.5) is 5.69 Å². The average molecular weight is 348 g/mol. The molecule has 1 unspecified atom stereocenters. The van der Waals surface area contributed by atoms with Crippen molar-refractivity contribution in [3.05, 3.63) is 58.3 Å². The van der Waals surface area contributed by atoms with Crippen molar-refractivity contribution in [1.29, 1.82) is 0 Å². The Balaban J connectivity index is 2.21. The van der Waals surface area contributed by atoms with Crippen molar-refractivity contribution in [3.63, 3.8) is 0 Å². The monoisotopic (exact) mass is 347 g/mol. The summed E-state index contributed by atoms with van der Waals surface area (Å²) in [6.45, 7) is 2.99. The average Bonchev–Trinajstić information content (AvgIpc) is 2.48. The molecule has 21 heavy (non-hydrogen) atoms. The lowest BCUT2D eigenvalue weighted by Gasteiger charge is -2.24. The van der Waals surface area contributed by atoms with Crippen molar-refractivity contribution >= 4 is 21.6 Å². The van der Waals surface area contributed by atoms with Crippen molar-refractivity contribution in [2.75, 3.05) is 11.9 Å². The van der Waals surface area contributed by atoms with E-state index in [1.807, 2.05) is 24.5 Å². The Bertz CT molecular complexity index is 572. The van der Waals surface area contributed by atoms with Gasteiger partial charge in [-0.2, -0.15) is 0 Å². The third kappa shape index (κ3) is 4.55. The summed E-state index contributed by atoms with van der Waals surface area (Å²) in [7, 11) is 2.12. The summed E-state index contributed by atoms with van der Waals surface area (Å²) in [6.07, 6.45) is 5.54. The molecule has 2 N–H and O–H groups in total. The zero-order chi connectivity index (χ0) is 15.2. The highest BCUT2D eigenvalue weighted by Crippen LogP contribution is 2.26. The molecule has 2 aromatic rings. The molecule has 112 valence electrons. The van der Waals surface area contributed by atoms with Gasteiger partial charge in [0.1, 0.15) is 0 Å². The molecule has 3 nitrogen and oxygen atoms in total. The highest BCUT2D eigenvalue weighted by molar-refractivity contribution is 9.10. The van der Waals surface area contributed by atoms with E-state index in [4.69, 9.17) is 5.73 Å². The largest absolute Gasteiger partial charge is 0.370 e. The van der Waals surface area contributed by atoms with Gasteiger partial charge in [0.2, 0.25) is 0 Å². The lowest BCUT2D eigenvalue weighted by molar-refractivity contribution is 0.645. The maximum Gasteiger partial charge on any atom is 0.0427 e. The Hall–Kier alpha value is -1.39. The van der Waals surface area contributed by atoms with Crippen LogP contribution in [0.3, 0.4) is 0 Å². The molecule has 4 heteroatoms. The number of nitrogens with two attached hydrogens (primary N) is 1. The first kappa shape index (κ1) is 16.0. The van der Waals surface area contributed by atoms with E-state index in [1.54, 1.807) is 0 Å². The van der Waals surface area contributed by atoms with Crippen molar-refractivity contribution in [3.8, 4) is 0 Å². The van der Waals surface area contributed by atoms with Gasteiger partial charge in [0.05, 0.1) is 0 Å². The smallest absolute Gasteiger partial charge is 0.0427 e. The standard InChI is InChI=1S/C17H22BrN3/c1-3-16(19)11-14-10-15(18)4-5-17(14)21(2)12-13-6-8-20-9-7-13/h4-10,16H,3,11-12,19H2,1-2H3. The van der Waals surface area contributed by atoms with Crippen molar-refractivity contribution < 1.29 is 0 Å². The van der Waals surface area contributed by atoms with Gasteiger partial charge in [-0.3, -0.25) is 4.98 Å². The molecule has 0 amide bonds. The fourth-order valence-corrected chi connectivity index (χ4v) is 2.77. The minimum atomic E-state index is 0.201. The molecule has 0 spiro atoms. The van der Waals surface area contributed by atoms with Gasteiger partial charge >= 0.3 is 0 Å². The predicted molar refractivity (Wildman–Crippen MR) is 92.5 cm³/mol. The number of pyridine rings is 1. The first-order valence-corrected chi connectivity index (χ1v) is 8.03. The second-order valence-corrected chi connectivity index (χ2v) is 6.27. The number of nitrogens with zero attached hydrogens (tertiary/aromatic N) is 2. The van der Waals surface area contributed by atoms with Crippen LogP contribution in [0.1, 0.15) is 24.5 Å². The van der Waals surface area contributed by atoms with Gasteiger partial charge in [-0.1, -0.05) is 22.9 Å². The number of aromatic nitrogens is 1. The van der Waals surface area contributed by atoms with Gasteiger partial charge in [-0.15, -0.1) is 0 Å². The zero-order valence-electron chi connectivity index (χ0n) is 12.6. The van der Waals surface area contributed by atoms with Crippen LogP contribution in [0, 0.1) is 0 Å². The van der Waals surface area contributed by atoms with E-state index in [-0.39, 0.29) is 6.04 Å². The highest BCUT2D eigenvalue weighted by Gasteiger charge is 2.11. The summed E-state index contributed by atoms with van der Waals surface area (Å²) in [5.41, 5.74) is 9.91. The summed E-state index contributed by atoms with van der Waals surface area (Å²) in [5.74, 6) is 0. The Labute approximate surface area is 135 Å². The second-order valence-electron chi connectivity index (χ2n) is 5.36. The third-order valence-corrected chi connectivity index (χ3v) is 4.12. The van der Waals surface area contributed by atoms with Crippen LogP contribution < -0.4 is 10.6 Å². The SMILES string of the molecule is CCC(N)Cc1cc(Br)ccc1N(C)Cc1ccncc1. The highest BCUT2D eigenvalue weighted by atomic mass is 79.9. The number of hydrogen-bond acceptors (Lipinski definition) is 3. The fourth-order valence-electron chi connectivity index (χ4n) is 2.36. The van der Waals surface area contributed by atoms with Crippen LogP contribution in [0.15, 0.2) is 47.2 Å². The lowest BCUT2D eigenvalue weighted by Crippen LogP contribution is -2.24. The number of benzene rings is 1. The van der Waals surface area contributed by atoms with Gasteiger partial charge in [0, 0.05) is 42.2 Å². The van der Waals surface area contributed by atoms with Gasteiger partial charge in [0.15, 0.2) is 0 Å². The molecule has 1 aromatic heterocycles. The Morgan fingerprint density at radius 2 is 1.95 bits per heavy atom. The van der Waals surface area contributed by atoms with Crippen LogP contribution >= 0.6 is 15.9 Å². The van der Waals surface area contributed by atoms with Gasteiger partial charge in [0.25, 0.3) is 0 Å². The summed E-state index contributed by atoms with van der Waals surface area (Å²) < 4.78 is 1.10. The molecule has 0 radical (unpaired) electrons. The first-order chi connectivity index (χ1) is 10.1. The van der Waals surface area contributed by atoms with Crippen molar-refractivity contribution in [2.24, 2.45) is 5.73 Å². The lowest BCUT2D eigenvalue weighted by atomic mass is 10.0. The number of halogens is 1. The molecule has 0 bridgehead atoms. The van der Waals surface area contributed by atoms with Crippen molar-refractivity contribution in [1.82, 2.24) is 4.98 Å². The van der Waals surface area contributed by atoms with Gasteiger partial charge in [-0.25, -0.2) is 0 Å². The molecule has 0 aliphatic carbocycles. The Morgan fingerprint density at radius 1 is 1.24 bits per heavy atom. The molecule has 0 aliphatic heterocycles. The van der Waals surface area contributed by atoms with E-state index in [0.29, 0.717) is 0 Å². The van der Waals surface area contributed by atoms with E-state index < -0.39 is 0 Å². The van der Waals surface area contributed by atoms with E-state index in [0.717, 1.165) is 23.9 Å². The first-order valence-electron chi connectivity index (χ1n) is 7.24. The molecule has 0 fully saturated rings. The number of rotatable bonds is 6. The maximum absolute atomic E-state index is 6.13. The van der Waals surface area contributed by atoms with Crippen molar-refractivity contribution in [2.45, 2.75) is 32.4 Å². The summed E-state index contributed by atoms with van der Waals surface area (Å²) >= 11 is 3.56. The molecule has 0 saturated carbocycles. The van der Waals surface area contributed by atoms with E-state index in [9.17, 15) is 0 Å². The van der Waals surface area contributed by atoms with Crippen LogP contribution in [0.5, 0.6) is 0 Å². The maximum atomic E-state index is 6.13. The molecule has 0 aliphatic rings. The van der Waals surface area contributed by atoms with E-state index >= 15 is 0 Å². The Morgan fingerprint density at radius 3 is 2.62 bits per heavy atom. The molecule has 1 atom stereocenters.